The fourth-order valence-corrected chi connectivity index (χ4v) is 1.51. The fourth-order valence-electron chi connectivity index (χ4n) is 1.51. The van der Waals surface area contributed by atoms with E-state index in [-0.39, 0.29) is 6.03 Å². The van der Waals surface area contributed by atoms with E-state index in [4.69, 9.17) is 0 Å². The van der Waals surface area contributed by atoms with Gasteiger partial charge in [0.05, 0.1) is 0 Å². The number of hydrogen-bond acceptors (Lipinski definition) is 2. The van der Waals surface area contributed by atoms with E-state index in [1.807, 2.05) is 0 Å². The van der Waals surface area contributed by atoms with Gasteiger partial charge in [0, 0.05) is 19.1 Å². The van der Waals surface area contributed by atoms with Crippen LogP contribution < -0.4 is 16.0 Å². The van der Waals surface area contributed by atoms with E-state index in [1.165, 1.54) is 0 Å². The number of rotatable bonds is 3. The maximum atomic E-state index is 11.4. The first kappa shape index (κ1) is 11.3. The average molecular weight is 199 g/mol. The monoisotopic (exact) mass is 199 g/mol. The van der Waals surface area contributed by atoms with E-state index < -0.39 is 0 Å². The number of nitrogens with one attached hydrogen (secondary N) is 3. The van der Waals surface area contributed by atoms with Crippen molar-refractivity contribution in [3.05, 3.63) is 0 Å². The maximum absolute atomic E-state index is 11.4. The van der Waals surface area contributed by atoms with Crippen LogP contribution >= 0.6 is 0 Å². The molecule has 4 nitrogen and oxygen atoms in total. The fraction of sp³-hybridized carbons (Fsp3) is 0.900. The Labute approximate surface area is 85.8 Å². The summed E-state index contributed by atoms with van der Waals surface area (Å²) in [7, 11) is 0. The summed E-state index contributed by atoms with van der Waals surface area (Å²) < 4.78 is 0. The van der Waals surface area contributed by atoms with Gasteiger partial charge in [0.2, 0.25) is 0 Å². The van der Waals surface area contributed by atoms with E-state index in [1.54, 1.807) is 0 Å². The minimum Gasteiger partial charge on any atom is -0.338 e. The molecule has 0 aromatic carbocycles. The van der Waals surface area contributed by atoms with Crippen LogP contribution in [-0.2, 0) is 0 Å². The first-order valence-electron chi connectivity index (χ1n) is 5.43. The molecule has 14 heavy (non-hydrogen) atoms. The number of piperidine rings is 1. The van der Waals surface area contributed by atoms with Crippen LogP contribution in [0.2, 0.25) is 0 Å². The minimum absolute atomic E-state index is 0.0348. The van der Waals surface area contributed by atoms with E-state index in [0.29, 0.717) is 12.0 Å². The zero-order chi connectivity index (χ0) is 10.4. The average Bonchev–Trinajstić information content (AvgIpc) is 2.16. The Morgan fingerprint density at radius 3 is 2.93 bits per heavy atom. The van der Waals surface area contributed by atoms with Crippen LogP contribution in [0.5, 0.6) is 0 Å². The Morgan fingerprint density at radius 1 is 1.57 bits per heavy atom. The Hall–Kier alpha value is -0.770. The van der Waals surface area contributed by atoms with E-state index in [0.717, 1.165) is 32.5 Å². The normalized spacial score (nSPS) is 22.1. The molecule has 2 amide bonds. The number of hydrogen-bond donors (Lipinski definition) is 3. The van der Waals surface area contributed by atoms with Crippen LogP contribution in [0, 0.1) is 5.92 Å². The topological polar surface area (TPSA) is 53.2 Å². The molecule has 0 radical (unpaired) electrons. The van der Waals surface area contributed by atoms with Crippen molar-refractivity contribution in [1.82, 2.24) is 16.0 Å². The lowest BCUT2D eigenvalue weighted by Gasteiger charge is -2.24. The maximum Gasteiger partial charge on any atom is 0.315 e. The second-order valence-corrected chi connectivity index (χ2v) is 4.29. The predicted octanol–water partition coefficient (Wildman–Crippen LogP) is 0.694. The molecule has 1 rings (SSSR count). The van der Waals surface area contributed by atoms with Crippen molar-refractivity contribution < 1.29 is 4.79 Å². The van der Waals surface area contributed by atoms with Crippen molar-refractivity contribution in [2.75, 3.05) is 19.6 Å². The molecule has 0 aliphatic carbocycles. The molecule has 1 aliphatic heterocycles. The van der Waals surface area contributed by atoms with Crippen LogP contribution in [0.25, 0.3) is 0 Å². The Morgan fingerprint density at radius 2 is 2.36 bits per heavy atom. The highest BCUT2D eigenvalue weighted by Gasteiger charge is 2.14. The quantitative estimate of drug-likeness (QED) is 0.626. The highest BCUT2D eigenvalue weighted by Crippen LogP contribution is 2.00. The molecule has 0 unspecified atom stereocenters. The molecule has 1 aliphatic rings. The molecule has 0 bridgehead atoms. The number of carbonyl (C=O) groups is 1. The van der Waals surface area contributed by atoms with E-state index in [9.17, 15) is 4.79 Å². The van der Waals surface area contributed by atoms with E-state index >= 15 is 0 Å². The summed E-state index contributed by atoms with van der Waals surface area (Å²) in [5.74, 6) is 0.505. The molecule has 1 atom stereocenters. The molecule has 1 fully saturated rings. The SMILES string of the molecule is CC(C)CNC(=O)N[C@@H]1CCCNC1. The van der Waals surface area contributed by atoms with Crippen molar-refractivity contribution in [2.45, 2.75) is 32.7 Å². The van der Waals surface area contributed by atoms with Gasteiger partial charge in [-0.2, -0.15) is 0 Å². The van der Waals surface area contributed by atoms with Gasteiger partial charge in [-0.15, -0.1) is 0 Å². The Kier molecular flexibility index (Phi) is 4.73. The van der Waals surface area contributed by atoms with E-state index in [2.05, 4.69) is 29.8 Å². The lowest BCUT2D eigenvalue weighted by Crippen LogP contribution is -2.49. The second-order valence-electron chi connectivity index (χ2n) is 4.29. The lowest BCUT2D eigenvalue weighted by atomic mass is 10.1. The van der Waals surface area contributed by atoms with Gasteiger partial charge in [0.25, 0.3) is 0 Å². The molecular formula is C10H21N3O. The Balaban J connectivity index is 2.12. The Bertz CT molecular complexity index is 176. The van der Waals surface area contributed by atoms with Crippen LogP contribution in [0.15, 0.2) is 0 Å². The summed E-state index contributed by atoms with van der Waals surface area (Å²) in [6.07, 6.45) is 2.23. The third-order valence-electron chi connectivity index (χ3n) is 2.30. The van der Waals surface area contributed by atoms with Gasteiger partial charge in [0.1, 0.15) is 0 Å². The standard InChI is InChI=1S/C10H21N3O/c1-8(2)6-12-10(14)13-9-4-3-5-11-7-9/h8-9,11H,3-7H2,1-2H3,(H2,12,13,14)/t9-/m1/s1. The van der Waals surface area contributed by atoms with Gasteiger partial charge in [-0.05, 0) is 25.3 Å². The van der Waals surface area contributed by atoms with Crippen LogP contribution in [0.1, 0.15) is 26.7 Å². The van der Waals surface area contributed by atoms with Gasteiger partial charge in [-0.1, -0.05) is 13.8 Å². The largest absolute Gasteiger partial charge is 0.338 e. The molecule has 1 heterocycles. The molecule has 82 valence electrons. The first-order chi connectivity index (χ1) is 6.68. The molecular weight excluding hydrogens is 178 g/mol. The number of carbonyl (C=O) groups excluding carboxylic acids is 1. The smallest absolute Gasteiger partial charge is 0.315 e. The second kappa shape index (κ2) is 5.86. The highest BCUT2D eigenvalue weighted by atomic mass is 16.2. The van der Waals surface area contributed by atoms with Crippen LogP contribution in [0.4, 0.5) is 4.79 Å². The summed E-state index contributed by atoms with van der Waals surface area (Å²) >= 11 is 0. The van der Waals surface area contributed by atoms with Gasteiger partial charge in [0.15, 0.2) is 0 Å². The van der Waals surface area contributed by atoms with Gasteiger partial charge < -0.3 is 16.0 Å². The van der Waals surface area contributed by atoms with Gasteiger partial charge in [-0.25, -0.2) is 4.79 Å². The van der Waals surface area contributed by atoms with Crippen molar-refractivity contribution in [2.24, 2.45) is 5.92 Å². The summed E-state index contributed by atoms with van der Waals surface area (Å²) in [4.78, 5) is 11.4. The molecule has 3 N–H and O–H groups in total. The highest BCUT2D eigenvalue weighted by molar-refractivity contribution is 5.74. The molecule has 0 aromatic heterocycles. The van der Waals surface area contributed by atoms with Crippen molar-refractivity contribution in [3.8, 4) is 0 Å². The summed E-state index contributed by atoms with van der Waals surface area (Å²) in [5, 5.41) is 9.08. The molecule has 4 heteroatoms. The van der Waals surface area contributed by atoms with Crippen molar-refractivity contribution in [1.29, 1.82) is 0 Å². The molecule has 1 saturated heterocycles. The lowest BCUT2D eigenvalue weighted by molar-refractivity contribution is 0.232. The van der Waals surface area contributed by atoms with Crippen LogP contribution in [0.3, 0.4) is 0 Å². The minimum atomic E-state index is -0.0348. The predicted molar refractivity (Wildman–Crippen MR) is 57.3 cm³/mol. The van der Waals surface area contributed by atoms with Gasteiger partial charge in [-0.3, -0.25) is 0 Å². The molecule has 0 spiro atoms. The molecule has 0 saturated carbocycles. The van der Waals surface area contributed by atoms with Crippen LogP contribution in [-0.4, -0.2) is 31.7 Å². The number of amides is 2. The van der Waals surface area contributed by atoms with Crippen molar-refractivity contribution >= 4 is 6.03 Å². The molecule has 0 aromatic rings. The number of urea groups is 1. The summed E-state index contributed by atoms with van der Waals surface area (Å²) in [6.45, 7) is 6.89. The van der Waals surface area contributed by atoms with Gasteiger partial charge >= 0.3 is 6.03 Å². The third-order valence-corrected chi connectivity index (χ3v) is 2.30. The third kappa shape index (κ3) is 4.46. The summed E-state index contributed by atoms with van der Waals surface area (Å²) in [5.41, 5.74) is 0. The van der Waals surface area contributed by atoms with Crippen molar-refractivity contribution in [3.63, 3.8) is 0 Å². The zero-order valence-corrected chi connectivity index (χ0v) is 9.10. The zero-order valence-electron chi connectivity index (χ0n) is 9.10. The summed E-state index contributed by atoms with van der Waals surface area (Å²) in [6, 6.07) is 0.267. The first-order valence-corrected chi connectivity index (χ1v) is 5.43.